The zero-order valence-electron chi connectivity index (χ0n) is 10.7. The maximum absolute atomic E-state index is 12.0. The van der Waals surface area contributed by atoms with Gasteiger partial charge in [0.25, 0.3) is 5.69 Å². The summed E-state index contributed by atoms with van der Waals surface area (Å²) in [5.74, 6) is -0.0330. The van der Waals surface area contributed by atoms with E-state index in [9.17, 15) is 18.5 Å². The van der Waals surface area contributed by atoms with Crippen molar-refractivity contribution in [2.75, 3.05) is 13.7 Å². The van der Waals surface area contributed by atoms with Crippen molar-refractivity contribution >= 4 is 15.5 Å². The Labute approximate surface area is 111 Å². The van der Waals surface area contributed by atoms with Crippen LogP contribution in [0.2, 0.25) is 0 Å². The summed E-state index contributed by atoms with van der Waals surface area (Å²) in [6.45, 7) is 1.50. The number of hydrogen-bond donors (Lipinski definition) is 1. The van der Waals surface area contributed by atoms with E-state index in [2.05, 4.69) is 0 Å². The fourth-order valence-electron chi connectivity index (χ4n) is 1.50. The SMILES string of the molecule is COc1ccc([N+](=O)[O-])cc1CS(=O)(=O)C(C)CN. The molecule has 1 rings (SSSR count). The first-order valence-electron chi connectivity index (χ1n) is 5.54. The van der Waals surface area contributed by atoms with Crippen molar-refractivity contribution in [1.29, 1.82) is 0 Å². The summed E-state index contributed by atoms with van der Waals surface area (Å²) in [6, 6.07) is 3.86. The van der Waals surface area contributed by atoms with E-state index in [1.807, 2.05) is 0 Å². The first kappa shape index (κ1) is 15.4. The molecule has 2 N–H and O–H groups in total. The summed E-state index contributed by atoms with van der Waals surface area (Å²) in [7, 11) is -2.09. The van der Waals surface area contributed by atoms with Crippen LogP contribution < -0.4 is 10.5 Å². The van der Waals surface area contributed by atoms with Crippen LogP contribution in [-0.4, -0.2) is 32.2 Å². The number of benzene rings is 1. The second-order valence-corrected chi connectivity index (χ2v) is 6.53. The van der Waals surface area contributed by atoms with Crippen LogP contribution in [-0.2, 0) is 15.6 Å². The van der Waals surface area contributed by atoms with Crippen LogP contribution in [0.5, 0.6) is 5.75 Å². The van der Waals surface area contributed by atoms with Crippen LogP contribution in [0.15, 0.2) is 18.2 Å². The van der Waals surface area contributed by atoms with Gasteiger partial charge in [-0.25, -0.2) is 8.42 Å². The lowest BCUT2D eigenvalue weighted by Crippen LogP contribution is -2.27. The minimum atomic E-state index is -3.47. The second kappa shape index (κ2) is 5.98. The van der Waals surface area contributed by atoms with Crippen LogP contribution in [0.4, 0.5) is 5.69 Å². The van der Waals surface area contributed by atoms with Gasteiger partial charge in [-0.3, -0.25) is 10.1 Å². The smallest absolute Gasteiger partial charge is 0.270 e. The molecule has 0 heterocycles. The van der Waals surface area contributed by atoms with Gasteiger partial charge in [0.05, 0.1) is 23.0 Å². The Bertz CT molecular complexity index is 570. The number of sulfone groups is 1. The molecular formula is C11H16N2O5S. The zero-order chi connectivity index (χ0) is 14.6. The van der Waals surface area contributed by atoms with Gasteiger partial charge in [-0.05, 0) is 13.0 Å². The molecule has 19 heavy (non-hydrogen) atoms. The molecule has 0 spiro atoms. The van der Waals surface area contributed by atoms with Gasteiger partial charge in [-0.15, -0.1) is 0 Å². The molecule has 0 aromatic heterocycles. The molecule has 0 saturated carbocycles. The Morgan fingerprint density at radius 3 is 2.58 bits per heavy atom. The quantitative estimate of drug-likeness (QED) is 0.613. The Kier molecular flexibility index (Phi) is 4.84. The number of rotatable bonds is 6. The summed E-state index contributed by atoms with van der Waals surface area (Å²) in [6.07, 6.45) is 0. The molecular weight excluding hydrogens is 272 g/mol. The van der Waals surface area contributed by atoms with Crippen molar-refractivity contribution in [3.8, 4) is 5.75 Å². The normalized spacial score (nSPS) is 13.0. The lowest BCUT2D eigenvalue weighted by molar-refractivity contribution is -0.384. The highest BCUT2D eigenvalue weighted by molar-refractivity contribution is 7.91. The molecule has 1 atom stereocenters. The van der Waals surface area contributed by atoms with Gasteiger partial charge in [0.1, 0.15) is 5.75 Å². The van der Waals surface area contributed by atoms with E-state index in [0.717, 1.165) is 0 Å². The molecule has 8 heteroatoms. The molecule has 1 unspecified atom stereocenters. The molecule has 1 aromatic rings. The minimum absolute atomic E-state index is 0.000421. The Morgan fingerprint density at radius 1 is 1.47 bits per heavy atom. The predicted molar refractivity (Wildman–Crippen MR) is 70.8 cm³/mol. The number of nitro groups is 1. The van der Waals surface area contributed by atoms with Gasteiger partial charge in [0.15, 0.2) is 9.84 Å². The third kappa shape index (κ3) is 3.65. The van der Waals surface area contributed by atoms with Crippen molar-refractivity contribution in [1.82, 2.24) is 0 Å². The molecule has 0 radical (unpaired) electrons. The summed E-state index contributed by atoms with van der Waals surface area (Å²) in [5, 5.41) is 9.99. The predicted octanol–water partition coefficient (Wildman–Crippen LogP) is 0.865. The van der Waals surface area contributed by atoms with E-state index >= 15 is 0 Å². The Hall–Kier alpha value is -1.67. The molecule has 0 aliphatic rings. The third-order valence-corrected chi connectivity index (χ3v) is 4.91. The van der Waals surface area contributed by atoms with Crippen LogP contribution in [0.25, 0.3) is 0 Å². The molecule has 0 bridgehead atoms. The molecule has 0 aliphatic heterocycles. The van der Waals surface area contributed by atoms with E-state index in [1.165, 1.54) is 32.2 Å². The molecule has 0 aliphatic carbocycles. The number of nitrogens with zero attached hydrogens (tertiary/aromatic N) is 1. The van der Waals surface area contributed by atoms with Crippen molar-refractivity contribution < 1.29 is 18.1 Å². The lowest BCUT2D eigenvalue weighted by Gasteiger charge is -2.12. The van der Waals surface area contributed by atoms with Crippen LogP contribution in [0.3, 0.4) is 0 Å². The number of hydrogen-bond acceptors (Lipinski definition) is 6. The van der Waals surface area contributed by atoms with Gasteiger partial charge >= 0.3 is 0 Å². The van der Waals surface area contributed by atoms with Gasteiger partial charge in [0.2, 0.25) is 0 Å². The lowest BCUT2D eigenvalue weighted by atomic mass is 10.2. The van der Waals surface area contributed by atoms with E-state index in [-0.39, 0.29) is 23.5 Å². The minimum Gasteiger partial charge on any atom is -0.496 e. The molecule has 0 amide bonds. The highest BCUT2D eigenvalue weighted by Gasteiger charge is 2.23. The summed E-state index contributed by atoms with van der Waals surface area (Å²) >= 11 is 0. The standard InChI is InChI=1S/C11H16N2O5S/c1-8(6-12)19(16,17)7-9-5-10(13(14)15)3-4-11(9)18-2/h3-5,8H,6-7,12H2,1-2H3. The molecule has 0 fully saturated rings. The van der Waals surface area contributed by atoms with Gasteiger partial charge in [0, 0.05) is 24.2 Å². The average molecular weight is 288 g/mol. The first-order chi connectivity index (χ1) is 8.81. The zero-order valence-corrected chi connectivity index (χ0v) is 11.5. The molecule has 0 saturated heterocycles. The first-order valence-corrected chi connectivity index (χ1v) is 7.26. The number of methoxy groups -OCH3 is 1. The van der Waals surface area contributed by atoms with E-state index in [0.29, 0.717) is 5.75 Å². The van der Waals surface area contributed by atoms with Crippen molar-refractivity contribution in [3.63, 3.8) is 0 Å². The maximum Gasteiger partial charge on any atom is 0.270 e. The molecule has 106 valence electrons. The fourth-order valence-corrected chi connectivity index (χ4v) is 2.73. The second-order valence-electron chi connectivity index (χ2n) is 4.11. The largest absolute Gasteiger partial charge is 0.496 e. The summed E-state index contributed by atoms with van der Waals surface area (Å²) in [4.78, 5) is 10.1. The van der Waals surface area contributed by atoms with E-state index in [1.54, 1.807) is 0 Å². The number of nitro benzene ring substituents is 1. The molecule has 1 aromatic carbocycles. The van der Waals surface area contributed by atoms with Crippen molar-refractivity contribution in [2.45, 2.75) is 17.9 Å². The summed E-state index contributed by atoms with van der Waals surface area (Å²) in [5.41, 5.74) is 5.43. The van der Waals surface area contributed by atoms with Crippen molar-refractivity contribution in [2.24, 2.45) is 5.73 Å². The van der Waals surface area contributed by atoms with E-state index in [4.69, 9.17) is 10.5 Å². The van der Waals surface area contributed by atoms with E-state index < -0.39 is 20.0 Å². The summed E-state index contributed by atoms with van der Waals surface area (Å²) < 4.78 is 29.0. The van der Waals surface area contributed by atoms with Gasteiger partial charge in [-0.2, -0.15) is 0 Å². The highest BCUT2D eigenvalue weighted by Crippen LogP contribution is 2.26. The number of non-ortho nitro benzene ring substituents is 1. The van der Waals surface area contributed by atoms with Crippen molar-refractivity contribution in [3.05, 3.63) is 33.9 Å². The van der Waals surface area contributed by atoms with Gasteiger partial charge in [-0.1, -0.05) is 0 Å². The van der Waals surface area contributed by atoms with Crippen LogP contribution in [0, 0.1) is 10.1 Å². The monoisotopic (exact) mass is 288 g/mol. The molecule has 7 nitrogen and oxygen atoms in total. The van der Waals surface area contributed by atoms with Gasteiger partial charge < -0.3 is 10.5 Å². The van der Waals surface area contributed by atoms with Crippen LogP contribution >= 0.6 is 0 Å². The number of ether oxygens (including phenoxy) is 1. The Balaban J connectivity index is 3.18. The number of nitrogens with two attached hydrogens (primary N) is 1. The average Bonchev–Trinajstić information content (AvgIpc) is 2.36. The third-order valence-electron chi connectivity index (χ3n) is 2.78. The maximum atomic E-state index is 12.0. The van der Waals surface area contributed by atoms with Crippen LogP contribution in [0.1, 0.15) is 12.5 Å². The fraction of sp³-hybridized carbons (Fsp3) is 0.455. The topological polar surface area (TPSA) is 113 Å². The highest BCUT2D eigenvalue weighted by atomic mass is 32.2. The Morgan fingerprint density at radius 2 is 2.11 bits per heavy atom.